The molecule has 0 atom stereocenters. The van der Waals surface area contributed by atoms with Crippen LogP contribution in [0, 0.1) is 0 Å². The predicted octanol–water partition coefficient (Wildman–Crippen LogP) is 1.93. The number of aliphatic imine (C=N–C) groups is 1. The summed E-state index contributed by atoms with van der Waals surface area (Å²) in [5.74, 6) is 0.682. The number of halogens is 1. The van der Waals surface area contributed by atoms with Crippen LogP contribution in [-0.2, 0) is 14.3 Å². The van der Waals surface area contributed by atoms with Crippen LogP contribution < -0.4 is 10.6 Å². The molecule has 126 valence electrons. The van der Waals surface area contributed by atoms with Gasteiger partial charge < -0.3 is 20.1 Å². The second kappa shape index (κ2) is 17.5. The summed E-state index contributed by atoms with van der Waals surface area (Å²) < 4.78 is 9.84. The summed E-state index contributed by atoms with van der Waals surface area (Å²) >= 11 is 0. The van der Waals surface area contributed by atoms with Gasteiger partial charge in [-0.15, -0.1) is 24.0 Å². The Morgan fingerprint density at radius 3 is 2.38 bits per heavy atom. The number of guanidine groups is 1. The van der Waals surface area contributed by atoms with Crippen molar-refractivity contribution >= 4 is 35.9 Å². The molecule has 0 rings (SSSR count). The van der Waals surface area contributed by atoms with Crippen molar-refractivity contribution in [2.45, 2.75) is 39.0 Å². The van der Waals surface area contributed by atoms with Gasteiger partial charge in [-0.1, -0.05) is 12.8 Å². The Hall–Kier alpha value is -0.570. The Morgan fingerprint density at radius 1 is 1.10 bits per heavy atom. The summed E-state index contributed by atoms with van der Waals surface area (Å²) in [6, 6.07) is 0. The number of hydrogen-bond donors (Lipinski definition) is 2. The average Bonchev–Trinajstić information content (AvgIpc) is 2.48. The van der Waals surface area contributed by atoms with Crippen LogP contribution in [0.3, 0.4) is 0 Å². The number of ether oxygens (including phenoxy) is 2. The number of unbranched alkanes of at least 4 members (excludes halogenated alkanes) is 3. The highest BCUT2D eigenvalue weighted by molar-refractivity contribution is 14.0. The van der Waals surface area contributed by atoms with Gasteiger partial charge in [0.1, 0.15) is 0 Å². The minimum Gasteiger partial charge on any atom is -0.469 e. The lowest BCUT2D eigenvalue weighted by Crippen LogP contribution is -2.39. The van der Waals surface area contributed by atoms with E-state index in [9.17, 15) is 4.79 Å². The Bertz CT molecular complexity index is 276. The van der Waals surface area contributed by atoms with Crippen LogP contribution >= 0.6 is 24.0 Å². The predicted molar refractivity (Wildman–Crippen MR) is 96.4 cm³/mol. The first-order valence-corrected chi connectivity index (χ1v) is 7.33. The highest BCUT2D eigenvalue weighted by atomic mass is 127. The van der Waals surface area contributed by atoms with E-state index >= 15 is 0 Å². The number of carbonyl (C=O) groups excluding carboxylic acids is 1. The molecule has 0 amide bonds. The van der Waals surface area contributed by atoms with Gasteiger partial charge in [-0.25, -0.2) is 0 Å². The van der Waals surface area contributed by atoms with Crippen molar-refractivity contribution in [2.75, 3.05) is 40.5 Å². The van der Waals surface area contributed by atoms with E-state index in [1.54, 1.807) is 7.05 Å². The fourth-order valence-electron chi connectivity index (χ4n) is 1.66. The van der Waals surface area contributed by atoms with Crippen LogP contribution in [0.15, 0.2) is 4.99 Å². The molecule has 0 spiro atoms. The van der Waals surface area contributed by atoms with Gasteiger partial charge in [0.05, 0.1) is 13.7 Å². The zero-order chi connectivity index (χ0) is 15.1. The maximum Gasteiger partial charge on any atom is 0.305 e. The molecule has 0 aliphatic carbocycles. The number of esters is 1. The fraction of sp³-hybridized carbons (Fsp3) is 0.857. The molecule has 0 aromatic heterocycles. The summed E-state index contributed by atoms with van der Waals surface area (Å²) in [6.45, 7) is 5.04. The van der Waals surface area contributed by atoms with Crippen LogP contribution in [0.1, 0.15) is 39.0 Å². The molecule has 2 N–H and O–H groups in total. The molecule has 0 bridgehead atoms. The zero-order valence-electron chi connectivity index (χ0n) is 13.4. The summed E-state index contributed by atoms with van der Waals surface area (Å²) in [5, 5.41) is 6.43. The highest BCUT2D eigenvalue weighted by Gasteiger charge is 1.99. The van der Waals surface area contributed by atoms with E-state index in [2.05, 4.69) is 20.4 Å². The Morgan fingerprint density at radius 2 is 1.76 bits per heavy atom. The summed E-state index contributed by atoms with van der Waals surface area (Å²) in [5.41, 5.74) is 0. The maximum atomic E-state index is 10.9. The molecule has 0 unspecified atom stereocenters. The monoisotopic (exact) mass is 415 g/mol. The smallest absolute Gasteiger partial charge is 0.305 e. The lowest BCUT2D eigenvalue weighted by Gasteiger charge is -2.11. The van der Waals surface area contributed by atoms with Gasteiger partial charge in [0.2, 0.25) is 0 Å². The largest absolute Gasteiger partial charge is 0.469 e. The molecule has 6 nitrogen and oxygen atoms in total. The number of methoxy groups -OCH3 is 1. The number of nitrogens with zero attached hydrogens (tertiary/aromatic N) is 1. The van der Waals surface area contributed by atoms with Crippen molar-refractivity contribution in [1.82, 2.24) is 10.6 Å². The van der Waals surface area contributed by atoms with Gasteiger partial charge in [-0.05, 0) is 19.8 Å². The average molecular weight is 415 g/mol. The SMILES string of the molecule is CCOCCNC(=NC)NCCCCCCC(=O)OC.I. The van der Waals surface area contributed by atoms with E-state index in [0.717, 1.165) is 51.3 Å². The first kappa shape index (κ1) is 22.7. The first-order valence-electron chi connectivity index (χ1n) is 7.33. The van der Waals surface area contributed by atoms with E-state index < -0.39 is 0 Å². The fourth-order valence-corrected chi connectivity index (χ4v) is 1.66. The highest BCUT2D eigenvalue weighted by Crippen LogP contribution is 2.03. The molecule has 7 heteroatoms. The molecule has 0 heterocycles. The van der Waals surface area contributed by atoms with Crippen LogP contribution in [0.2, 0.25) is 0 Å². The topological polar surface area (TPSA) is 72.0 Å². The number of hydrogen-bond acceptors (Lipinski definition) is 4. The molecule has 0 aromatic rings. The molecule has 0 saturated carbocycles. The maximum absolute atomic E-state index is 10.9. The molecule has 0 aliphatic rings. The Balaban J connectivity index is 0. The molecule has 0 radical (unpaired) electrons. The third kappa shape index (κ3) is 15.6. The van der Waals surface area contributed by atoms with Crippen molar-refractivity contribution in [3.05, 3.63) is 0 Å². The minimum absolute atomic E-state index is 0. The van der Waals surface area contributed by atoms with Gasteiger partial charge in [0.15, 0.2) is 5.96 Å². The Labute approximate surface area is 145 Å². The van der Waals surface area contributed by atoms with E-state index in [1.807, 2.05) is 6.92 Å². The standard InChI is InChI=1S/C14H29N3O3.HI/c1-4-20-12-11-17-14(15-2)16-10-8-6-5-7-9-13(18)19-3;/h4-12H2,1-3H3,(H2,15,16,17);1H. The second-order valence-electron chi connectivity index (χ2n) is 4.36. The molecular formula is C14H30IN3O3. The number of nitrogens with one attached hydrogen (secondary N) is 2. The minimum atomic E-state index is -0.123. The van der Waals surface area contributed by atoms with Crippen molar-refractivity contribution in [3.8, 4) is 0 Å². The third-order valence-corrected chi connectivity index (χ3v) is 2.79. The number of rotatable bonds is 11. The van der Waals surface area contributed by atoms with Crippen molar-refractivity contribution in [3.63, 3.8) is 0 Å². The Kier molecular flexibility index (Phi) is 18.9. The van der Waals surface area contributed by atoms with Crippen molar-refractivity contribution in [2.24, 2.45) is 4.99 Å². The van der Waals surface area contributed by atoms with E-state index in [1.165, 1.54) is 7.11 Å². The quantitative estimate of drug-likeness (QED) is 0.177. The molecule has 21 heavy (non-hydrogen) atoms. The van der Waals surface area contributed by atoms with Gasteiger partial charge in [-0.3, -0.25) is 9.79 Å². The lowest BCUT2D eigenvalue weighted by molar-refractivity contribution is -0.140. The zero-order valence-corrected chi connectivity index (χ0v) is 15.8. The van der Waals surface area contributed by atoms with E-state index in [-0.39, 0.29) is 29.9 Å². The van der Waals surface area contributed by atoms with E-state index in [0.29, 0.717) is 13.0 Å². The molecule has 0 aromatic carbocycles. The first-order chi connectivity index (χ1) is 9.74. The van der Waals surface area contributed by atoms with Gasteiger partial charge in [0.25, 0.3) is 0 Å². The van der Waals surface area contributed by atoms with Crippen molar-refractivity contribution in [1.29, 1.82) is 0 Å². The van der Waals surface area contributed by atoms with Crippen molar-refractivity contribution < 1.29 is 14.3 Å². The molecule has 0 saturated heterocycles. The number of carbonyl (C=O) groups is 1. The summed E-state index contributed by atoms with van der Waals surface area (Å²) in [6.07, 6.45) is 4.62. The van der Waals surface area contributed by atoms with Crippen LogP contribution in [0.4, 0.5) is 0 Å². The van der Waals surface area contributed by atoms with Gasteiger partial charge in [0, 0.05) is 33.2 Å². The molecule has 0 fully saturated rings. The second-order valence-corrected chi connectivity index (χ2v) is 4.36. The lowest BCUT2D eigenvalue weighted by atomic mass is 10.1. The molecular weight excluding hydrogens is 385 g/mol. The summed E-state index contributed by atoms with van der Waals surface area (Å²) in [4.78, 5) is 15.0. The third-order valence-electron chi connectivity index (χ3n) is 2.79. The van der Waals surface area contributed by atoms with Crippen LogP contribution in [0.5, 0.6) is 0 Å². The summed E-state index contributed by atoms with van der Waals surface area (Å²) in [7, 11) is 3.18. The van der Waals surface area contributed by atoms with Gasteiger partial charge >= 0.3 is 5.97 Å². The van der Waals surface area contributed by atoms with Gasteiger partial charge in [-0.2, -0.15) is 0 Å². The van der Waals surface area contributed by atoms with E-state index in [4.69, 9.17) is 4.74 Å². The molecule has 0 aliphatic heterocycles. The van der Waals surface area contributed by atoms with Crippen LogP contribution in [0.25, 0.3) is 0 Å². The van der Waals surface area contributed by atoms with Crippen LogP contribution in [-0.4, -0.2) is 52.4 Å². The normalized spacial score (nSPS) is 10.7.